The van der Waals surface area contributed by atoms with Gasteiger partial charge in [0.15, 0.2) is 0 Å². The van der Waals surface area contributed by atoms with E-state index in [2.05, 4.69) is 27.7 Å². The number of nitrogens with zero attached hydrogens (tertiary/aromatic N) is 1. The molecule has 1 saturated heterocycles. The Morgan fingerprint density at radius 3 is 2.67 bits per heavy atom. The van der Waals surface area contributed by atoms with Crippen molar-refractivity contribution in [3.8, 4) is 0 Å². The predicted octanol–water partition coefficient (Wildman–Crippen LogP) is -0.469. The summed E-state index contributed by atoms with van der Waals surface area (Å²) in [7, 11) is 0. The summed E-state index contributed by atoms with van der Waals surface area (Å²) in [6, 6.07) is 11.8. The SMILES string of the molecule is O=C(NCC[NH+]1CCOCC1)C(=O)NC[C@H](c1ccco1)N1CCc2ccccc21. The number of morpholine rings is 1. The zero-order chi connectivity index (χ0) is 20.8. The molecule has 30 heavy (non-hydrogen) atoms. The van der Waals surface area contributed by atoms with Crippen molar-refractivity contribution in [2.45, 2.75) is 12.5 Å². The van der Waals surface area contributed by atoms with Crippen molar-refractivity contribution >= 4 is 17.5 Å². The Hall–Kier alpha value is -2.84. The fourth-order valence-corrected chi connectivity index (χ4v) is 4.15. The molecule has 0 radical (unpaired) electrons. The second-order valence-electron chi connectivity index (χ2n) is 7.68. The summed E-state index contributed by atoms with van der Waals surface area (Å²) in [5.41, 5.74) is 2.43. The molecule has 160 valence electrons. The topological polar surface area (TPSA) is 88.2 Å². The summed E-state index contributed by atoms with van der Waals surface area (Å²) in [5.74, 6) is -0.443. The van der Waals surface area contributed by atoms with Crippen molar-refractivity contribution in [1.82, 2.24) is 10.6 Å². The molecule has 1 fully saturated rings. The number of ether oxygens (including phenoxy) is 1. The second kappa shape index (κ2) is 9.77. The van der Waals surface area contributed by atoms with E-state index in [0.29, 0.717) is 13.1 Å². The average Bonchev–Trinajstić information content (AvgIpc) is 3.45. The quantitative estimate of drug-likeness (QED) is 0.535. The van der Waals surface area contributed by atoms with E-state index >= 15 is 0 Å². The Labute approximate surface area is 176 Å². The molecule has 2 amide bonds. The van der Waals surface area contributed by atoms with Crippen LogP contribution in [0.4, 0.5) is 5.69 Å². The van der Waals surface area contributed by atoms with Crippen LogP contribution in [0.1, 0.15) is 17.4 Å². The van der Waals surface area contributed by atoms with Gasteiger partial charge in [0.25, 0.3) is 0 Å². The van der Waals surface area contributed by atoms with Gasteiger partial charge in [0.05, 0.1) is 32.6 Å². The Morgan fingerprint density at radius 2 is 1.87 bits per heavy atom. The van der Waals surface area contributed by atoms with Crippen molar-refractivity contribution in [3.05, 3.63) is 54.0 Å². The standard InChI is InChI=1S/C22H28N4O4/c27-21(23-8-10-25-11-14-29-15-12-25)22(28)24-16-19(20-6-3-13-30-20)26-9-7-17-4-1-2-5-18(17)26/h1-6,13,19H,7-12,14-16H2,(H,23,27)(H,24,28)/p+1/t19-/m1/s1. The summed E-state index contributed by atoms with van der Waals surface area (Å²) in [6.45, 7) is 5.77. The first-order valence-electron chi connectivity index (χ1n) is 10.6. The number of anilines is 1. The molecule has 0 bridgehead atoms. The Morgan fingerprint density at radius 1 is 1.07 bits per heavy atom. The summed E-state index contributed by atoms with van der Waals surface area (Å²) in [6.07, 6.45) is 2.58. The number of amides is 2. The van der Waals surface area contributed by atoms with Crippen LogP contribution in [0.5, 0.6) is 0 Å². The normalized spacial score (nSPS) is 17.4. The van der Waals surface area contributed by atoms with Gasteiger partial charge in [0.2, 0.25) is 0 Å². The Kier molecular flexibility index (Phi) is 6.66. The maximum absolute atomic E-state index is 12.4. The molecule has 1 atom stereocenters. The first-order chi connectivity index (χ1) is 14.7. The number of carbonyl (C=O) groups excluding carboxylic acids is 2. The molecule has 0 unspecified atom stereocenters. The highest BCUT2D eigenvalue weighted by Crippen LogP contribution is 2.34. The van der Waals surface area contributed by atoms with Gasteiger partial charge in [0.1, 0.15) is 24.9 Å². The number of carbonyl (C=O) groups is 2. The van der Waals surface area contributed by atoms with E-state index in [1.807, 2.05) is 24.3 Å². The highest BCUT2D eigenvalue weighted by Gasteiger charge is 2.29. The molecule has 2 aliphatic heterocycles. The molecule has 0 saturated carbocycles. The summed E-state index contributed by atoms with van der Waals surface area (Å²) in [4.78, 5) is 28.2. The van der Waals surface area contributed by atoms with Crippen molar-refractivity contribution < 1.29 is 23.6 Å². The molecule has 4 rings (SSSR count). The number of fused-ring (bicyclic) bond motifs is 1. The number of furan rings is 1. The maximum atomic E-state index is 12.4. The third kappa shape index (κ3) is 4.83. The van der Waals surface area contributed by atoms with E-state index in [9.17, 15) is 9.59 Å². The van der Waals surface area contributed by atoms with Crippen LogP contribution >= 0.6 is 0 Å². The molecular formula is C22H29N4O4+. The predicted molar refractivity (Wildman–Crippen MR) is 111 cm³/mol. The number of benzene rings is 1. The fraction of sp³-hybridized carbons (Fsp3) is 0.455. The number of quaternary nitrogens is 1. The van der Waals surface area contributed by atoms with Crippen LogP contribution < -0.4 is 20.4 Å². The van der Waals surface area contributed by atoms with Crippen molar-refractivity contribution in [3.63, 3.8) is 0 Å². The van der Waals surface area contributed by atoms with E-state index < -0.39 is 11.8 Å². The van der Waals surface area contributed by atoms with Crippen LogP contribution in [0.15, 0.2) is 47.1 Å². The van der Waals surface area contributed by atoms with Gasteiger partial charge >= 0.3 is 11.8 Å². The van der Waals surface area contributed by atoms with Gasteiger partial charge in [-0.15, -0.1) is 0 Å². The van der Waals surface area contributed by atoms with Gasteiger partial charge in [-0.3, -0.25) is 9.59 Å². The minimum absolute atomic E-state index is 0.168. The van der Waals surface area contributed by atoms with Gasteiger partial charge in [-0.25, -0.2) is 0 Å². The van der Waals surface area contributed by atoms with Gasteiger partial charge in [0, 0.05) is 18.8 Å². The van der Waals surface area contributed by atoms with E-state index in [4.69, 9.17) is 9.15 Å². The lowest BCUT2D eigenvalue weighted by atomic mass is 10.1. The molecule has 0 aliphatic carbocycles. The molecule has 8 nitrogen and oxygen atoms in total. The molecule has 3 N–H and O–H groups in total. The van der Waals surface area contributed by atoms with E-state index in [-0.39, 0.29) is 6.04 Å². The van der Waals surface area contributed by atoms with Crippen LogP contribution in [-0.4, -0.2) is 64.3 Å². The third-order valence-electron chi connectivity index (χ3n) is 5.80. The molecule has 2 aromatic rings. The minimum Gasteiger partial charge on any atom is -0.467 e. The maximum Gasteiger partial charge on any atom is 0.309 e. The zero-order valence-corrected chi connectivity index (χ0v) is 17.1. The van der Waals surface area contributed by atoms with E-state index in [0.717, 1.165) is 57.3 Å². The number of para-hydroxylation sites is 1. The lowest BCUT2D eigenvalue weighted by molar-refractivity contribution is -0.906. The van der Waals surface area contributed by atoms with E-state index in [1.54, 1.807) is 6.26 Å². The lowest BCUT2D eigenvalue weighted by Gasteiger charge is -2.29. The minimum atomic E-state index is -0.615. The largest absolute Gasteiger partial charge is 0.467 e. The molecule has 3 heterocycles. The van der Waals surface area contributed by atoms with Crippen LogP contribution in [0.3, 0.4) is 0 Å². The van der Waals surface area contributed by atoms with Crippen molar-refractivity contribution in [2.24, 2.45) is 0 Å². The highest BCUT2D eigenvalue weighted by molar-refractivity contribution is 6.35. The molecular weight excluding hydrogens is 384 g/mol. The van der Waals surface area contributed by atoms with Crippen molar-refractivity contribution in [1.29, 1.82) is 0 Å². The molecule has 1 aromatic carbocycles. The Bertz CT molecular complexity index is 849. The first kappa shape index (κ1) is 20.4. The highest BCUT2D eigenvalue weighted by atomic mass is 16.5. The van der Waals surface area contributed by atoms with Crippen LogP contribution in [0.25, 0.3) is 0 Å². The zero-order valence-electron chi connectivity index (χ0n) is 17.1. The average molecular weight is 413 g/mol. The Balaban J connectivity index is 1.31. The first-order valence-corrected chi connectivity index (χ1v) is 10.6. The number of nitrogens with one attached hydrogen (secondary N) is 3. The number of hydrogen-bond donors (Lipinski definition) is 3. The smallest absolute Gasteiger partial charge is 0.309 e. The number of hydrogen-bond acceptors (Lipinski definition) is 5. The third-order valence-corrected chi connectivity index (χ3v) is 5.80. The summed E-state index contributed by atoms with van der Waals surface area (Å²) in [5, 5.41) is 5.51. The molecule has 1 aromatic heterocycles. The molecule has 2 aliphatic rings. The van der Waals surface area contributed by atoms with Gasteiger partial charge in [-0.05, 0) is 30.2 Å². The summed E-state index contributed by atoms with van der Waals surface area (Å²) < 4.78 is 11.0. The lowest BCUT2D eigenvalue weighted by Crippen LogP contribution is -3.14. The van der Waals surface area contributed by atoms with E-state index in [1.165, 1.54) is 10.5 Å². The van der Waals surface area contributed by atoms with Crippen LogP contribution in [0, 0.1) is 0 Å². The fourth-order valence-electron chi connectivity index (χ4n) is 4.15. The van der Waals surface area contributed by atoms with Crippen LogP contribution in [-0.2, 0) is 20.7 Å². The van der Waals surface area contributed by atoms with Gasteiger partial charge < -0.3 is 29.6 Å². The molecule has 8 heteroatoms. The van der Waals surface area contributed by atoms with Gasteiger partial charge in [-0.2, -0.15) is 0 Å². The van der Waals surface area contributed by atoms with Crippen molar-refractivity contribution in [2.75, 3.05) is 57.4 Å². The van der Waals surface area contributed by atoms with Gasteiger partial charge in [-0.1, -0.05) is 18.2 Å². The van der Waals surface area contributed by atoms with Crippen LogP contribution in [0.2, 0.25) is 0 Å². The monoisotopic (exact) mass is 413 g/mol. The number of rotatable bonds is 7. The molecule has 0 spiro atoms. The second-order valence-corrected chi connectivity index (χ2v) is 7.68. The summed E-state index contributed by atoms with van der Waals surface area (Å²) >= 11 is 0.